The monoisotopic (exact) mass is 212 g/mol. The summed E-state index contributed by atoms with van der Waals surface area (Å²) in [6.07, 6.45) is 7.79. The second-order valence-electron chi connectivity index (χ2n) is 3.52. The van der Waals surface area contributed by atoms with E-state index < -0.39 is 0 Å². The molecule has 0 amide bonds. The van der Waals surface area contributed by atoms with Crippen molar-refractivity contribution in [2.75, 3.05) is 0 Å². The van der Waals surface area contributed by atoms with Crippen LogP contribution in [0.3, 0.4) is 0 Å². The van der Waals surface area contributed by atoms with Gasteiger partial charge in [0.25, 0.3) is 0 Å². The molecular formula is C13H12N2O. The van der Waals surface area contributed by atoms with Gasteiger partial charge in [-0.3, -0.25) is 4.79 Å². The number of hydrogen-bond acceptors (Lipinski definition) is 2. The van der Waals surface area contributed by atoms with Crippen LogP contribution in [0.1, 0.15) is 11.1 Å². The van der Waals surface area contributed by atoms with Crippen LogP contribution in [0.2, 0.25) is 0 Å². The molecule has 0 saturated carbocycles. The molecule has 2 rings (SSSR count). The van der Waals surface area contributed by atoms with Gasteiger partial charge in [0.2, 0.25) is 0 Å². The number of rotatable bonds is 3. The zero-order chi connectivity index (χ0) is 11.4. The molecule has 1 heterocycles. The van der Waals surface area contributed by atoms with Crippen molar-refractivity contribution in [3.05, 3.63) is 53.9 Å². The first kappa shape index (κ1) is 10.4. The zero-order valence-electron chi connectivity index (χ0n) is 9.00. The molecule has 0 aliphatic heterocycles. The lowest BCUT2D eigenvalue weighted by Gasteiger charge is -2.04. The van der Waals surface area contributed by atoms with Gasteiger partial charge >= 0.3 is 0 Å². The molecule has 0 radical (unpaired) electrons. The van der Waals surface area contributed by atoms with E-state index in [-0.39, 0.29) is 0 Å². The van der Waals surface area contributed by atoms with E-state index in [9.17, 15) is 4.79 Å². The quantitative estimate of drug-likeness (QED) is 0.578. The standard InChI is InChI=1S/C13H12N2O/c1-11-9-14-15(10-11)13-7-3-2-5-12(13)6-4-8-16/h2-10H,1H3. The van der Waals surface area contributed by atoms with Crippen molar-refractivity contribution in [3.8, 4) is 5.69 Å². The van der Waals surface area contributed by atoms with Crippen LogP contribution in [0.25, 0.3) is 11.8 Å². The summed E-state index contributed by atoms with van der Waals surface area (Å²) >= 11 is 0. The number of carbonyl (C=O) groups excluding carboxylic acids is 1. The maximum Gasteiger partial charge on any atom is 0.142 e. The van der Waals surface area contributed by atoms with Gasteiger partial charge < -0.3 is 0 Å². The van der Waals surface area contributed by atoms with Gasteiger partial charge in [-0.15, -0.1) is 0 Å². The summed E-state index contributed by atoms with van der Waals surface area (Å²) in [5, 5.41) is 4.25. The van der Waals surface area contributed by atoms with Gasteiger partial charge in [-0.1, -0.05) is 18.2 Å². The number of aromatic nitrogens is 2. The van der Waals surface area contributed by atoms with Gasteiger partial charge in [0.15, 0.2) is 0 Å². The maximum absolute atomic E-state index is 10.3. The van der Waals surface area contributed by atoms with Crippen molar-refractivity contribution in [2.45, 2.75) is 6.92 Å². The number of benzene rings is 1. The third-order valence-electron chi connectivity index (χ3n) is 2.25. The van der Waals surface area contributed by atoms with Gasteiger partial charge in [-0.25, -0.2) is 4.68 Å². The van der Waals surface area contributed by atoms with Crippen LogP contribution < -0.4 is 0 Å². The first-order valence-electron chi connectivity index (χ1n) is 5.04. The van der Waals surface area contributed by atoms with Crippen molar-refractivity contribution in [2.24, 2.45) is 0 Å². The SMILES string of the molecule is Cc1cnn(-c2ccccc2C=CC=O)c1. The largest absolute Gasteiger partial charge is 0.299 e. The maximum atomic E-state index is 10.3. The Hall–Kier alpha value is -2.16. The molecule has 3 nitrogen and oxygen atoms in total. The van der Waals surface area contributed by atoms with Crippen LogP contribution in [0.5, 0.6) is 0 Å². The van der Waals surface area contributed by atoms with Crippen molar-refractivity contribution in [1.29, 1.82) is 0 Å². The average Bonchev–Trinajstić information content (AvgIpc) is 2.73. The number of hydrogen-bond donors (Lipinski definition) is 0. The minimum Gasteiger partial charge on any atom is -0.299 e. The smallest absolute Gasteiger partial charge is 0.142 e. The number of allylic oxidation sites excluding steroid dienone is 1. The number of nitrogens with zero attached hydrogens (tertiary/aromatic N) is 2. The molecule has 0 unspecified atom stereocenters. The van der Waals surface area contributed by atoms with E-state index in [1.165, 1.54) is 6.08 Å². The average molecular weight is 212 g/mol. The van der Waals surface area contributed by atoms with E-state index in [4.69, 9.17) is 0 Å². The Kier molecular flexibility index (Phi) is 2.96. The van der Waals surface area contributed by atoms with Crippen molar-refractivity contribution < 1.29 is 4.79 Å². The molecule has 0 fully saturated rings. The Balaban J connectivity index is 2.47. The number of aryl methyl sites for hydroxylation is 1. The molecule has 2 aromatic rings. The van der Waals surface area contributed by atoms with Gasteiger partial charge in [0.1, 0.15) is 6.29 Å². The van der Waals surface area contributed by atoms with Gasteiger partial charge in [-0.05, 0) is 30.7 Å². The number of aldehydes is 1. The van der Waals surface area contributed by atoms with E-state index in [1.807, 2.05) is 37.4 Å². The molecule has 0 N–H and O–H groups in total. The Morgan fingerprint density at radius 1 is 1.31 bits per heavy atom. The molecule has 0 bridgehead atoms. The summed E-state index contributed by atoms with van der Waals surface area (Å²) in [6, 6.07) is 7.80. The predicted octanol–water partition coefficient (Wildman–Crippen LogP) is 2.39. The summed E-state index contributed by atoms with van der Waals surface area (Å²) in [7, 11) is 0. The van der Waals surface area contributed by atoms with Crippen LogP contribution in [0, 0.1) is 6.92 Å². The van der Waals surface area contributed by atoms with Gasteiger partial charge in [0, 0.05) is 11.8 Å². The van der Waals surface area contributed by atoms with E-state index in [0.717, 1.165) is 23.1 Å². The lowest BCUT2D eigenvalue weighted by molar-refractivity contribution is -0.104. The minimum absolute atomic E-state index is 0.769. The van der Waals surface area contributed by atoms with Gasteiger partial charge in [0.05, 0.1) is 11.9 Å². The van der Waals surface area contributed by atoms with E-state index in [2.05, 4.69) is 5.10 Å². The lowest BCUT2D eigenvalue weighted by Crippen LogP contribution is -1.96. The molecular weight excluding hydrogens is 200 g/mol. The fourth-order valence-electron chi connectivity index (χ4n) is 1.52. The lowest BCUT2D eigenvalue weighted by atomic mass is 10.1. The molecule has 3 heteroatoms. The molecule has 1 aromatic carbocycles. The molecule has 1 aromatic heterocycles. The first-order valence-corrected chi connectivity index (χ1v) is 5.04. The molecule has 0 spiro atoms. The second-order valence-corrected chi connectivity index (χ2v) is 3.52. The highest BCUT2D eigenvalue weighted by molar-refractivity contribution is 5.76. The second kappa shape index (κ2) is 4.57. The normalized spacial score (nSPS) is 10.8. The molecule has 0 aliphatic rings. The van der Waals surface area contributed by atoms with Crippen LogP contribution in [-0.2, 0) is 4.79 Å². The third kappa shape index (κ3) is 2.08. The fraction of sp³-hybridized carbons (Fsp3) is 0.0769. The third-order valence-corrected chi connectivity index (χ3v) is 2.25. The summed E-state index contributed by atoms with van der Waals surface area (Å²) in [4.78, 5) is 10.3. The Morgan fingerprint density at radius 3 is 2.81 bits per heavy atom. The molecule has 16 heavy (non-hydrogen) atoms. The predicted molar refractivity (Wildman–Crippen MR) is 63.4 cm³/mol. The summed E-state index contributed by atoms with van der Waals surface area (Å²) in [5.74, 6) is 0. The highest BCUT2D eigenvalue weighted by atomic mass is 16.1. The molecule has 0 atom stereocenters. The van der Waals surface area contributed by atoms with Crippen LogP contribution in [-0.4, -0.2) is 16.1 Å². The zero-order valence-corrected chi connectivity index (χ0v) is 9.00. The Labute approximate surface area is 94.0 Å². The van der Waals surface area contributed by atoms with Gasteiger partial charge in [-0.2, -0.15) is 5.10 Å². The highest BCUT2D eigenvalue weighted by Gasteiger charge is 2.01. The highest BCUT2D eigenvalue weighted by Crippen LogP contribution is 2.15. The Bertz CT molecular complexity index is 526. The van der Waals surface area contributed by atoms with Crippen LogP contribution in [0.15, 0.2) is 42.7 Å². The number of carbonyl (C=O) groups is 1. The minimum atomic E-state index is 0.769. The number of para-hydroxylation sites is 1. The van der Waals surface area contributed by atoms with E-state index in [1.54, 1.807) is 17.0 Å². The van der Waals surface area contributed by atoms with Crippen LogP contribution >= 0.6 is 0 Å². The van der Waals surface area contributed by atoms with E-state index >= 15 is 0 Å². The molecule has 80 valence electrons. The van der Waals surface area contributed by atoms with Crippen molar-refractivity contribution in [1.82, 2.24) is 9.78 Å². The summed E-state index contributed by atoms with van der Waals surface area (Å²) in [6.45, 7) is 1.99. The summed E-state index contributed by atoms with van der Waals surface area (Å²) in [5.41, 5.74) is 3.04. The van der Waals surface area contributed by atoms with Crippen molar-refractivity contribution >= 4 is 12.4 Å². The molecule has 0 saturated heterocycles. The fourth-order valence-corrected chi connectivity index (χ4v) is 1.52. The first-order chi connectivity index (χ1) is 7.81. The van der Waals surface area contributed by atoms with E-state index in [0.29, 0.717) is 0 Å². The van der Waals surface area contributed by atoms with Crippen LogP contribution in [0.4, 0.5) is 0 Å². The topological polar surface area (TPSA) is 34.9 Å². The molecule has 0 aliphatic carbocycles. The Morgan fingerprint density at radius 2 is 2.12 bits per heavy atom. The summed E-state index contributed by atoms with van der Waals surface area (Å²) < 4.78 is 1.81. The van der Waals surface area contributed by atoms with Crippen molar-refractivity contribution in [3.63, 3.8) is 0 Å².